The Hall–Kier alpha value is -2.90. The summed E-state index contributed by atoms with van der Waals surface area (Å²) in [6.07, 6.45) is 1.26. The number of benzene rings is 2. The molecule has 2 aromatic carbocycles. The second-order valence-electron chi connectivity index (χ2n) is 8.12. The predicted molar refractivity (Wildman–Crippen MR) is 124 cm³/mol. The van der Waals surface area contributed by atoms with Gasteiger partial charge in [0.25, 0.3) is 5.91 Å². The molecule has 1 heterocycles. The third-order valence-corrected chi connectivity index (χ3v) is 6.16. The SMILES string of the molecule is CNC(=O)c1ccc([C@H](C)NC(=O)C2(N(C)CCOc3ccccc3)CCOCC2)cc1. The van der Waals surface area contributed by atoms with Gasteiger partial charge in [-0.2, -0.15) is 0 Å². The Morgan fingerprint density at radius 1 is 1.09 bits per heavy atom. The van der Waals surface area contributed by atoms with Crippen molar-refractivity contribution < 1.29 is 19.1 Å². The number of amides is 2. The number of para-hydroxylation sites is 1. The maximum absolute atomic E-state index is 13.5. The van der Waals surface area contributed by atoms with Gasteiger partial charge in [0.15, 0.2) is 0 Å². The highest BCUT2D eigenvalue weighted by molar-refractivity contribution is 5.94. The van der Waals surface area contributed by atoms with Gasteiger partial charge in [0.2, 0.25) is 5.91 Å². The summed E-state index contributed by atoms with van der Waals surface area (Å²) in [6.45, 7) is 4.17. The molecule has 2 aromatic rings. The van der Waals surface area contributed by atoms with Crippen LogP contribution < -0.4 is 15.4 Å². The standard InChI is InChI=1S/C25H33N3O4/c1-19(20-9-11-21(12-10-20)23(29)26-2)27-24(30)25(13-16-31-17-14-25)28(3)15-18-32-22-7-5-4-6-8-22/h4-12,19H,13-18H2,1-3H3,(H,26,29)(H,27,30)/t19-/m0/s1. The van der Waals surface area contributed by atoms with Gasteiger partial charge in [-0.1, -0.05) is 30.3 Å². The fraction of sp³-hybridized carbons (Fsp3) is 0.440. The summed E-state index contributed by atoms with van der Waals surface area (Å²) in [6, 6.07) is 16.8. The fourth-order valence-electron chi connectivity index (χ4n) is 4.00. The Morgan fingerprint density at radius 3 is 2.38 bits per heavy atom. The number of hydrogen-bond donors (Lipinski definition) is 2. The molecule has 1 aliphatic rings. The maximum atomic E-state index is 13.5. The van der Waals surface area contributed by atoms with Crippen LogP contribution in [0.4, 0.5) is 0 Å². The van der Waals surface area contributed by atoms with Crippen LogP contribution in [0, 0.1) is 0 Å². The van der Waals surface area contributed by atoms with E-state index >= 15 is 0 Å². The molecule has 3 rings (SSSR count). The molecule has 1 aliphatic heterocycles. The van der Waals surface area contributed by atoms with E-state index in [9.17, 15) is 9.59 Å². The number of ether oxygens (including phenoxy) is 2. The summed E-state index contributed by atoms with van der Waals surface area (Å²) in [5.74, 6) is 0.680. The van der Waals surface area contributed by atoms with E-state index in [-0.39, 0.29) is 17.9 Å². The van der Waals surface area contributed by atoms with E-state index in [0.29, 0.717) is 44.8 Å². The topological polar surface area (TPSA) is 79.9 Å². The Morgan fingerprint density at radius 2 is 1.75 bits per heavy atom. The van der Waals surface area contributed by atoms with Crippen LogP contribution in [0.15, 0.2) is 54.6 Å². The van der Waals surface area contributed by atoms with Crippen molar-refractivity contribution in [3.63, 3.8) is 0 Å². The van der Waals surface area contributed by atoms with E-state index in [1.54, 1.807) is 19.2 Å². The van der Waals surface area contributed by atoms with Crippen molar-refractivity contribution in [1.29, 1.82) is 0 Å². The molecule has 2 N–H and O–H groups in total. The highest BCUT2D eigenvalue weighted by atomic mass is 16.5. The third kappa shape index (κ3) is 5.66. The number of nitrogens with zero attached hydrogens (tertiary/aromatic N) is 1. The number of nitrogens with one attached hydrogen (secondary N) is 2. The first-order valence-corrected chi connectivity index (χ1v) is 11.1. The number of carbonyl (C=O) groups excluding carboxylic acids is 2. The monoisotopic (exact) mass is 439 g/mol. The van der Waals surface area contributed by atoms with Crippen LogP contribution in [-0.2, 0) is 9.53 Å². The number of hydrogen-bond acceptors (Lipinski definition) is 5. The quantitative estimate of drug-likeness (QED) is 0.628. The normalized spacial score (nSPS) is 16.2. The Labute approximate surface area is 190 Å². The average molecular weight is 440 g/mol. The highest BCUT2D eigenvalue weighted by Gasteiger charge is 2.44. The van der Waals surface area contributed by atoms with Crippen molar-refractivity contribution in [3.8, 4) is 5.75 Å². The lowest BCUT2D eigenvalue weighted by Gasteiger charge is -2.43. The van der Waals surface area contributed by atoms with Crippen molar-refractivity contribution in [3.05, 3.63) is 65.7 Å². The minimum absolute atomic E-state index is 0.00844. The van der Waals surface area contributed by atoms with Gasteiger partial charge < -0.3 is 20.1 Å². The van der Waals surface area contributed by atoms with Crippen LogP contribution >= 0.6 is 0 Å². The second kappa shape index (κ2) is 11.1. The van der Waals surface area contributed by atoms with Crippen LogP contribution in [0.25, 0.3) is 0 Å². The van der Waals surface area contributed by atoms with Crippen LogP contribution in [-0.4, -0.2) is 62.7 Å². The van der Waals surface area contributed by atoms with Gasteiger partial charge in [0.05, 0.1) is 6.04 Å². The zero-order valence-corrected chi connectivity index (χ0v) is 19.1. The van der Waals surface area contributed by atoms with Crippen LogP contribution in [0.3, 0.4) is 0 Å². The Balaban J connectivity index is 1.64. The number of rotatable bonds is 9. The molecule has 2 amide bonds. The Bertz CT molecular complexity index is 880. The zero-order valence-electron chi connectivity index (χ0n) is 19.1. The summed E-state index contributed by atoms with van der Waals surface area (Å²) in [5.41, 5.74) is 0.895. The maximum Gasteiger partial charge on any atom is 0.251 e. The smallest absolute Gasteiger partial charge is 0.251 e. The molecule has 1 saturated heterocycles. The van der Waals surface area contributed by atoms with Gasteiger partial charge in [-0.3, -0.25) is 14.5 Å². The molecule has 32 heavy (non-hydrogen) atoms. The second-order valence-corrected chi connectivity index (χ2v) is 8.12. The molecule has 0 spiro atoms. The van der Waals surface area contributed by atoms with Gasteiger partial charge in [-0.05, 0) is 56.6 Å². The summed E-state index contributed by atoms with van der Waals surface area (Å²) in [4.78, 5) is 27.3. The lowest BCUT2D eigenvalue weighted by atomic mass is 9.86. The molecule has 0 saturated carbocycles. The van der Waals surface area contributed by atoms with Gasteiger partial charge >= 0.3 is 0 Å². The van der Waals surface area contributed by atoms with E-state index in [4.69, 9.17) is 9.47 Å². The summed E-state index contributed by atoms with van der Waals surface area (Å²) in [7, 11) is 3.58. The lowest BCUT2D eigenvalue weighted by molar-refractivity contribution is -0.140. The van der Waals surface area contributed by atoms with Crippen LogP contribution in [0.2, 0.25) is 0 Å². The lowest BCUT2D eigenvalue weighted by Crippen LogP contribution is -2.61. The third-order valence-electron chi connectivity index (χ3n) is 6.16. The zero-order chi connectivity index (χ0) is 23.0. The molecule has 1 atom stereocenters. The van der Waals surface area contributed by atoms with Crippen molar-refractivity contribution in [2.45, 2.75) is 31.3 Å². The summed E-state index contributed by atoms with van der Waals surface area (Å²) in [5, 5.41) is 5.79. The van der Waals surface area contributed by atoms with Crippen LogP contribution in [0.5, 0.6) is 5.75 Å². The fourth-order valence-corrected chi connectivity index (χ4v) is 4.00. The molecular weight excluding hydrogens is 406 g/mol. The molecule has 0 aliphatic carbocycles. The van der Waals surface area contributed by atoms with Crippen molar-refractivity contribution in [2.75, 3.05) is 40.5 Å². The minimum atomic E-state index is -0.644. The van der Waals surface area contributed by atoms with Crippen molar-refractivity contribution >= 4 is 11.8 Å². The first-order chi connectivity index (χ1) is 15.5. The van der Waals surface area contributed by atoms with Crippen molar-refractivity contribution in [2.24, 2.45) is 0 Å². The Kier molecular flexibility index (Phi) is 8.25. The highest BCUT2D eigenvalue weighted by Crippen LogP contribution is 2.28. The summed E-state index contributed by atoms with van der Waals surface area (Å²) >= 11 is 0. The molecule has 0 unspecified atom stereocenters. The largest absolute Gasteiger partial charge is 0.492 e. The van der Waals surface area contributed by atoms with Crippen molar-refractivity contribution in [1.82, 2.24) is 15.5 Å². The predicted octanol–water partition coefficient (Wildman–Crippen LogP) is 2.78. The first-order valence-electron chi connectivity index (χ1n) is 11.1. The molecule has 0 radical (unpaired) electrons. The van der Waals surface area contributed by atoms with Gasteiger partial charge in [-0.15, -0.1) is 0 Å². The molecule has 7 heteroatoms. The molecular formula is C25H33N3O4. The van der Waals surface area contributed by atoms with Gasteiger partial charge in [0.1, 0.15) is 17.9 Å². The van der Waals surface area contributed by atoms with E-state index < -0.39 is 5.54 Å². The van der Waals surface area contributed by atoms with Gasteiger partial charge in [-0.25, -0.2) is 0 Å². The molecule has 0 bridgehead atoms. The molecule has 7 nitrogen and oxygen atoms in total. The van der Waals surface area contributed by atoms with Gasteiger partial charge in [0, 0.05) is 32.4 Å². The number of carbonyl (C=O) groups is 2. The molecule has 1 fully saturated rings. The van der Waals surface area contributed by atoms with E-state index in [1.807, 2.05) is 56.4 Å². The van der Waals surface area contributed by atoms with E-state index in [0.717, 1.165) is 11.3 Å². The summed E-state index contributed by atoms with van der Waals surface area (Å²) < 4.78 is 11.4. The van der Waals surface area contributed by atoms with E-state index in [2.05, 4.69) is 15.5 Å². The first kappa shape index (κ1) is 23.8. The van der Waals surface area contributed by atoms with Crippen LogP contribution in [0.1, 0.15) is 41.7 Å². The minimum Gasteiger partial charge on any atom is -0.492 e. The van der Waals surface area contributed by atoms with E-state index in [1.165, 1.54) is 0 Å². The number of likely N-dealkylation sites (N-methyl/N-ethyl adjacent to an activating group) is 1. The molecule has 172 valence electrons. The average Bonchev–Trinajstić information content (AvgIpc) is 2.84. The molecule has 0 aromatic heterocycles.